The maximum atomic E-state index is 13.2. The highest BCUT2D eigenvalue weighted by molar-refractivity contribution is 7.89. The van der Waals surface area contributed by atoms with Crippen molar-refractivity contribution in [1.82, 2.24) is 9.21 Å². The summed E-state index contributed by atoms with van der Waals surface area (Å²) in [6.07, 6.45) is 2.31. The second-order valence-corrected chi connectivity index (χ2v) is 7.28. The number of benzene rings is 1. The van der Waals surface area contributed by atoms with Gasteiger partial charge in [0.25, 0.3) is 0 Å². The molecule has 1 fully saturated rings. The Morgan fingerprint density at radius 1 is 1.23 bits per heavy atom. The van der Waals surface area contributed by atoms with E-state index < -0.39 is 15.8 Å². The largest absolute Gasteiger partial charge is 0.340 e. The highest BCUT2D eigenvalue weighted by atomic mass is 32.2. The molecule has 2 rings (SSSR count). The van der Waals surface area contributed by atoms with E-state index in [0.29, 0.717) is 19.5 Å². The van der Waals surface area contributed by atoms with Crippen molar-refractivity contribution < 1.29 is 17.6 Å². The molecule has 0 saturated carbocycles. The van der Waals surface area contributed by atoms with Gasteiger partial charge in [-0.1, -0.05) is 19.4 Å². The summed E-state index contributed by atoms with van der Waals surface area (Å²) in [5.41, 5.74) is 0. The van der Waals surface area contributed by atoms with Crippen LogP contribution in [0.5, 0.6) is 0 Å². The van der Waals surface area contributed by atoms with Crippen molar-refractivity contribution in [2.45, 2.75) is 31.1 Å². The van der Waals surface area contributed by atoms with E-state index in [1.165, 1.54) is 22.5 Å². The average Bonchev–Trinajstić information content (AvgIpc) is 2.52. The number of sulfonamides is 1. The highest BCUT2D eigenvalue weighted by Crippen LogP contribution is 2.18. The van der Waals surface area contributed by atoms with Gasteiger partial charge in [0.15, 0.2) is 0 Å². The first-order valence-corrected chi connectivity index (χ1v) is 8.92. The van der Waals surface area contributed by atoms with Gasteiger partial charge in [-0.3, -0.25) is 4.79 Å². The number of hydrogen-bond acceptors (Lipinski definition) is 3. The van der Waals surface area contributed by atoms with Crippen LogP contribution in [0.25, 0.3) is 0 Å². The molecule has 1 amide bonds. The van der Waals surface area contributed by atoms with E-state index in [1.807, 2.05) is 6.92 Å². The van der Waals surface area contributed by atoms with Gasteiger partial charge in [-0.25, -0.2) is 12.8 Å². The van der Waals surface area contributed by atoms with E-state index in [2.05, 4.69) is 0 Å². The van der Waals surface area contributed by atoms with Crippen molar-refractivity contribution in [3.05, 3.63) is 30.1 Å². The van der Waals surface area contributed by atoms with E-state index in [9.17, 15) is 17.6 Å². The van der Waals surface area contributed by atoms with E-state index in [0.717, 1.165) is 18.9 Å². The smallest absolute Gasteiger partial charge is 0.243 e. The molecule has 0 aliphatic carbocycles. The van der Waals surface area contributed by atoms with Gasteiger partial charge in [0.1, 0.15) is 5.82 Å². The molecule has 22 heavy (non-hydrogen) atoms. The van der Waals surface area contributed by atoms with Gasteiger partial charge in [0, 0.05) is 32.6 Å². The van der Waals surface area contributed by atoms with Crippen LogP contribution in [0.2, 0.25) is 0 Å². The Kier molecular flexibility index (Phi) is 5.52. The summed E-state index contributed by atoms with van der Waals surface area (Å²) < 4.78 is 39.4. The fourth-order valence-corrected chi connectivity index (χ4v) is 3.89. The average molecular weight is 328 g/mol. The molecular formula is C15H21FN2O3S. The minimum atomic E-state index is -3.70. The third kappa shape index (κ3) is 3.84. The van der Waals surface area contributed by atoms with Gasteiger partial charge in [0.05, 0.1) is 4.90 Å². The minimum absolute atomic E-state index is 0.0433. The molecule has 0 radical (unpaired) electrons. The normalized spacial score (nSPS) is 16.7. The molecule has 122 valence electrons. The topological polar surface area (TPSA) is 57.7 Å². The molecule has 1 aliphatic rings. The number of rotatable bonds is 5. The van der Waals surface area contributed by atoms with Crippen LogP contribution in [-0.2, 0) is 14.8 Å². The molecule has 1 aliphatic heterocycles. The maximum Gasteiger partial charge on any atom is 0.243 e. The molecule has 0 unspecified atom stereocenters. The Hall–Kier alpha value is -1.47. The Bertz CT molecular complexity index is 625. The van der Waals surface area contributed by atoms with Gasteiger partial charge in [-0.05, 0) is 24.6 Å². The van der Waals surface area contributed by atoms with Crippen LogP contribution in [0.4, 0.5) is 4.39 Å². The van der Waals surface area contributed by atoms with Gasteiger partial charge >= 0.3 is 0 Å². The van der Waals surface area contributed by atoms with Crippen LogP contribution in [0.3, 0.4) is 0 Å². The first-order chi connectivity index (χ1) is 10.4. The molecule has 1 saturated heterocycles. The molecule has 0 N–H and O–H groups in total. The Morgan fingerprint density at radius 2 is 1.91 bits per heavy atom. The van der Waals surface area contributed by atoms with Crippen LogP contribution in [-0.4, -0.2) is 49.7 Å². The van der Waals surface area contributed by atoms with Crippen molar-refractivity contribution in [1.29, 1.82) is 0 Å². The third-order valence-corrected chi connectivity index (χ3v) is 5.66. The van der Waals surface area contributed by atoms with Gasteiger partial charge < -0.3 is 4.90 Å². The van der Waals surface area contributed by atoms with Crippen LogP contribution < -0.4 is 0 Å². The summed E-state index contributed by atoms with van der Waals surface area (Å²) >= 11 is 0. The molecule has 7 heteroatoms. The van der Waals surface area contributed by atoms with Crippen LogP contribution in [0.15, 0.2) is 29.2 Å². The Labute approximate surface area is 130 Å². The number of amides is 1. The summed E-state index contributed by atoms with van der Waals surface area (Å²) in [5, 5.41) is 0. The lowest BCUT2D eigenvalue weighted by atomic mass is 10.2. The zero-order chi connectivity index (χ0) is 16.2. The number of carbonyl (C=O) groups is 1. The number of piperazine rings is 1. The summed E-state index contributed by atoms with van der Waals surface area (Å²) in [5.74, 6) is -0.501. The van der Waals surface area contributed by atoms with E-state index in [-0.39, 0.29) is 23.9 Å². The summed E-state index contributed by atoms with van der Waals surface area (Å²) in [6.45, 7) is 3.29. The van der Waals surface area contributed by atoms with E-state index in [4.69, 9.17) is 0 Å². The molecule has 1 heterocycles. The number of unbranched alkanes of at least 4 members (excludes halogenated alkanes) is 1. The monoisotopic (exact) mass is 328 g/mol. The quantitative estimate of drug-likeness (QED) is 0.829. The lowest BCUT2D eigenvalue weighted by Crippen LogP contribution is -2.50. The molecular weight excluding hydrogens is 307 g/mol. The lowest BCUT2D eigenvalue weighted by molar-refractivity contribution is -0.132. The SMILES string of the molecule is CCCCC(=O)N1CCN(S(=O)(=O)c2cccc(F)c2)CC1. The van der Waals surface area contributed by atoms with E-state index in [1.54, 1.807) is 4.90 Å². The van der Waals surface area contributed by atoms with Crippen molar-refractivity contribution in [3.8, 4) is 0 Å². The van der Waals surface area contributed by atoms with Crippen molar-refractivity contribution >= 4 is 15.9 Å². The van der Waals surface area contributed by atoms with Crippen molar-refractivity contribution in [2.24, 2.45) is 0 Å². The minimum Gasteiger partial charge on any atom is -0.340 e. The zero-order valence-electron chi connectivity index (χ0n) is 12.7. The van der Waals surface area contributed by atoms with Gasteiger partial charge in [-0.15, -0.1) is 0 Å². The first-order valence-electron chi connectivity index (χ1n) is 7.48. The highest BCUT2D eigenvalue weighted by Gasteiger charge is 2.29. The second-order valence-electron chi connectivity index (χ2n) is 5.35. The predicted molar refractivity (Wildman–Crippen MR) is 81.3 cm³/mol. The van der Waals surface area contributed by atoms with Crippen LogP contribution in [0, 0.1) is 5.82 Å². The molecule has 5 nitrogen and oxygen atoms in total. The molecule has 1 aromatic rings. The standard InChI is InChI=1S/C15H21FN2O3S/c1-2-3-7-15(19)17-8-10-18(11-9-17)22(20,21)14-6-4-5-13(16)12-14/h4-6,12H,2-3,7-11H2,1H3. The van der Waals surface area contributed by atoms with Crippen molar-refractivity contribution in [2.75, 3.05) is 26.2 Å². The first kappa shape index (κ1) is 16.9. The van der Waals surface area contributed by atoms with Gasteiger partial charge in [0.2, 0.25) is 15.9 Å². The molecule has 0 atom stereocenters. The number of carbonyl (C=O) groups excluding carboxylic acids is 1. The zero-order valence-corrected chi connectivity index (χ0v) is 13.5. The van der Waals surface area contributed by atoms with Crippen molar-refractivity contribution in [3.63, 3.8) is 0 Å². The van der Waals surface area contributed by atoms with Crippen LogP contribution in [0.1, 0.15) is 26.2 Å². The molecule has 0 aromatic heterocycles. The third-order valence-electron chi connectivity index (χ3n) is 3.77. The van der Waals surface area contributed by atoms with Gasteiger partial charge in [-0.2, -0.15) is 4.31 Å². The lowest BCUT2D eigenvalue weighted by Gasteiger charge is -2.34. The number of nitrogens with zero attached hydrogens (tertiary/aromatic N) is 2. The van der Waals surface area contributed by atoms with E-state index >= 15 is 0 Å². The Balaban J connectivity index is 2.00. The molecule has 0 bridgehead atoms. The van der Waals surface area contributed by atoms with Crippen LogP contribution >= 0.6 is 0 Å². The maximum absolute atomic E-state index is 13.2. The summed E-state index contributed by atoms with van der Waals surface area (Å²) in [6, 6.07) is 5.00. The molecule has 1 aromatic carbocycles. The number of halogens is 1. The Morgan fingerprint density at radius 3 is 2.50 bits per heavy atom. The number of hydrogen-bond donors (Lipinski definition) is 0. The fraction of sp³-hybridized carbons (Fsp3) is 0.533. The summed E-state index contributed by atoms with van der Waals surface area (Å²) in [4.78, 5) is 13.6. The fourth-order valence-electron chi connectivity index (χ4n) is 2.44. The molecule has 0 spiro atoms. The summed E-state index contributed by atoms with van der Waals surface area (Å²) in [7, 11) is -3.70. The predicted octanol–water partition coefficient (Wildman–Crippen LogP) is 1.85. The second kappa shape index (κ2) is 7.19.